The van der Waals surface area contributed by atoms with Crippen LogP contribution in [0.1, 0.15) is 18.1 Å². The van der Waals surface area contributed by atoms with Crippen molar-refractivity contribution in [1.29, 1.82) is 0 Å². The molecule has 3 aliphatic heterocycles. The molecule has 5 nitrogen and oxygen atoms in total. The van der Waals surface area contributed by atoms with Crippen molar-refractivity contribution < 1.29 is 18.3 Å². The summed E-state index contributed by atoms with van der Waals surface area (Å²) in [5.74, 6) is 0. The summed E-state index contributed by atoms with van der Waals surface area (Å²) in [7, 11) is 0. The number of benzene rings is 1. The van der Waals surface area contributed by atoms with Gasteiger partial charge in [-0.05, 0) is 12.5 Å². The number of halogens is 3. The zero-order valence-electron chi connectivity index (χ0n) is 13.9. The Kier molecular flexibility index (Phi) is 3.94. The van der Waals surface area contributed by atoms with E-state index in [1.165, 1.54) is 28.7 Å². The summed E-state index contributed by atoms with van der Waals surface area (Å²) in [6.07, 6.45) is -4.48. The third-order valence-electron chi connectivity index (χ3n) is 5.02. The molecular weight excluding hydrogens is 397 g/mol. The van der Waals surface area contributed by atoms with E-state index in [-0.39, 0.29) is 5.56 Å². The zero-order valence-corrected chi connectivity index (χ0v) is 15.5. The van der Waals surface area contributed by atoms with Crippen LogP contribution in [0.3, 0.4) is 0 Å². The van der Waals surface area contributed by atoms with Gasteiger partial charge in [0.1, 0.15) is 5.01 Å². The van der Waals surface area contributed by atoms with Crippen molar-refractivity contribution in [2.24, 2.45) is 0 Å². The summed E-state index contributed by atoms with van der Waals surface area (Å²) in [6.45, 7) is 1.58. The van der Waals surface area contributed by atoms with Crippen LogP contribution >= 0.6 is 22.7 Å². The zero-order chi connectivity index (χ0) is 18.8. The Bertz CT molecular complexity index is 972. The maximum atomic E-state index is 13.2. The van der Waals surface area contributed by atoms with E-state index in [0.717, 1.165) is 19.5 Å². The van der Waals surface area contributed by atoms with Gasteiger partial charge in [0.25, 0.3) is 0 Å². The fraction of sp³-hybridized carbons (Fsp3) is 0.412. The van der Waals surface area contributed by atoms with E-state index in [0.29, 0.717) is 38.0 Å². The average Bonchev–Trinajstić information content (AvgIpc) is 3.29. The second-order valence-corrected chi connectivity index (χ2v) is 8.73. The number of piperazine rings is 1. The first-order valence-electron chi connectivity index (χ1n) is 8.49. The van der Waals surface area contributed by atoms with Gasteiger partial charge in [0, 0.05) is 47.9 Å². The molecule has 0 amide bonds. The largest absolute Gasteiger partial charge is 0.418 e. The Morgan fingerprint density at radius 3 is 2.63 bits per heavy atom. The van der Waals surface area contributed by atoms with Crippen molar-refractivity contribution >= 4 is 38.0 Å². The average molecular weight is 412 g/mol. The molecule has 1 aromatic carbocycles. The molecule has 27 heavy (non-hydrogen) atoms. The highest BCUT2D eigenvalue weighted by atomic mass is 32.1. The minimum atomic E-state index is -4.73. The van der Waals surface area contributed by atoms with Crippen LogP contribution in [0.4, 0.5) is 18.3 Å². The highest BCUT2D eigenvalue weighted by Gasteiger charge is 2.42. The van der Waals surface area contributed by atoms with Crippen molar-refractivity contribution in [3.63, 3.8) is 0 Å². The molecule has 2 bridgehead atoms. The predicted molar refractivity (Wildman–Crippen MR) is 99.3 cm³/mol. The van der Waals surface area contributed by atoms with Crippen molar-refractivity contribution in [2.75, 3.05) is 18.0 Å². The number of hydrogen-bond donors (Lipinski definition) is 2. The molecule has 3 aliphatic rings. The lowest BCUT2D eigenvalue weighted by atomic mass is 9.92. The number of nitrogens with one attached hydrogen (secondary N) is 1. The monoisotopic (exact) mass is 412 g/mol. The first-order valence-corrected chi connectivity index (χ1v) is 10.2. The van der Waals surface area contributed by atoms with E-state index in [9.17, 15) is 18.3 Å². The molecule has 0 saturated carbocycles. The molecule has 0 aliphatic carbocycles. The number of nitrogens with zero attached hydrogens (tertiary/aromatic N) is 3. The van der Waals surface area contributed by atoms with Crippen molar-refractivity contribution in [2.45, 2.75) is 30.8 Å². The number of fused-ring (bicyclic) bond motifs is 3. The number of piperidine rings is 1. The fourth-order valence-electron chi connectivity index (χ4n) is 3.74. The Morgan fingerprint density at radius 2 is 2.00 bits per heavy atom. The van der Waals surface area contributed by atoms with Crippen LogP contribution in [0.15, 0.2) is 23.7 Å². The topological polar surface area (TPSA) is 61.3 Å². The Balaban J connectivity index is 1.65. The molecule has 5 heterocycles. The van der Waals surface area contributed by atoms with Gasteiger partial charge in [-0.25, -0.2) is 9.97 Å². The van der Waals surface area contributed by atoms with Crippen LogP contribution in [0.2, 0.25) is 0 Å². The summed E-state index contributed by atoms with van der Waals surface area (Å²) >= 11 is 2.62. The highest BCUT2D eigenvalue weighted by molar-refractivity contribution is 7.22. The van der Waals surface area contributed by atoms with E-state index in [1.807, 2.05) is 5.38 Å². The van der Waals surface area contributed by atoms with E-state index in [2.05, 4.69) is 20.2 Å². The van der Waals surface area contributed by atoms with E-state index in [4.69, 9.17) is 0 Å². The summed E-state index contributed by atoms with van der Waals surface area (Å²) in [5.41, 5.74) is 1.01. The third kappa shape index (κ3) is 2.91. The number of alkyl halides is 3. The van der Waals surface area contributed by atoms with Gasteiger partial charge < -0.3 is 15.3 Å². The van der Waals surface area contributed by atoms with Crippen molar-refractivity contribution in [3.05, 3.63) is 29.3 Å². The van der Waals surface area contributed by atoms with Crippen LogP contribution in [0.25, 0.3) is 20.8 Å². The molecule has 3 aromatic rings. The molecule has 3 fully saturated rings. The third-order valence-corrected chi connectivity index (χ3v) is 6.99. The SMILES string of the molecule is OC(c1ccc(-c2nccs2)c2nc(N3CC4CC(C3)N4)sc12)C(F)(F)F. The fourth-order valence-corrected chi connectivity index (χ4v) is 5.55. The molecule has 0 radical (unpaired) electrons. The van der Waals surface area contributed by atoms with Crippen molar-refractivity contribution in [1.82, 2.24) is 15.3 Å². The molecular formula is C17H15F3N4OS2. The summed E-state index contributed by atoms with van der Waals surface area (Å²) in [4.78, 5) is 11.1. The summed E-state index contributed by atoms with van der Waals surface area (Å²) in [6, 6.07) is 3.74. The van der Waals surface area contributed by atoms with Gasteiger partial charge in [-0.3, -0.25) is 0 Å². The number of anilines is 1. The van der Waals surface area contributed by atoms with Gasteiger partial charge in [0.15, 0.2) is 11.2 Å². The highest BCUT2D eigenvalue weighted by Crippen LogP contribution is 2.44. The summed E-state index contributed by atoms with van der Waals surface area (Å²) < 4.78 is 39.9. The molecule has 3 atom stereocenters. The van der Waals surface area contributed by atoms with Gasteiger partial charge >= 0.3 is 6.18 Å². The lowest BCUT2D eigenvalue weighted by molar-refractivity contribution is -0.206. The van der Waals surface area contributed by atoms with Crippen LogP contribution in [-0.2, 0) is 0 Å². The van der Waals surface area contributed by atoms with Gasteiger partial charge in [-0.15, -0.1) is 11.3 Å². The van der Waals surface area contributed by atoms with E-state index in [1.54, 1.807) is 12.3 Å². The number of thiazole rings is 2. The van der Waals surface area contributed by atoms with Crippen molar-refractivity contribution in [3.8, 4) is 10.6 Å². The molecule has 6 rings (SSSR count). The lowest BCUT2D eigenvalue weighted by Gasteiger charge is -2.48. The molecule has 10 heteroatoms. The van der Waals surface area contributed by atoms with Gasteiger partial charge in [0.05, 0.1) is 10.2 Å². The van der Waals surface area contributed by atoms with Crippen LogP contribution in [-0.4, -0.2) is 46.4 Å². The number of rotatable bonds is 3. The number of aliphatic hydroxyl groups excluding tert-OH is 1. The van der Waals surface area contributed by atoms with Gasteiger partial charge in [0.2, 0.25) is 0 Å². The van der Waals surface area contributed by atoms with Gasteiger partial charge in [-0.1, -0.05) is 17.4 Å². The van der Waals surface area contributed by atoms with Crippen LogP contribution in [0.5, 0.6) is 0 Å². The maximum Gasteiger partial charge on any atom is 0.418 e. The van der Waals surface area contributed by atoms with E-state index < -0.39 is 12.3 Å². The molecule has 3 saturated heterocycles. The number of hydrogen-bond acceptors (Lipinski definition) is 7. The molecule has 3 unspecified atom stereocenters. The smallest absolute Gasteiger partial charge is 0.379 e. The minimum Gasteiger partial charge on any atom is -0.379 e. The lowest BCUT2D eigenvalue weighted by Crippen LogP contribution is -2.67. The quantitative estimate of drug-likeness (QED) is 0.689. The molecule has 0 spiro atoms. The van der Waals surface area contributed by atoms with E-state index >= 15 is 0 Å². The second kappa shape index (κ2) is 6.13. The van der Waals surface area contributed by atoms with Crippen LogP contribution < -0.4 is 10.2 Å². The maximum absolute atomic E-state index is 13.2. The Hall–Kier alpha value is -1.75. The number of aliphatic hydroxyl groups is 1. The summed E-state index contributed by atoms with van der Waals surface area (Å²) in [5, 5.41) is 16.5. The van der Waals surface area contributed by atoms with Gasteiger partial charge in [-0.2, -0.15) is 13.2 Å². The first kappa shape index (κ1) is 17.4. The standard InChI is InChI=1S/C17H15F3N4OS2/c18-17(19,20)14(25)11-2-1-10(15-21-3-4-26-15)12-13(11)27-16(23-12)24-6-8-5-9(7-24)22-8/h1-4,8-9,14,22,25H,5-7H2. The Morgan fingerprint density at radius 1 is 1.26 bits per heavy atom. The minimum absolute atomic E-state index is 0.151. The Labute approximate surface area is 160 Å². The first-order chi connectivity index (χ1) is 12.9. The molecule has 2 aromatic heterocycles. The van der Waals surface area contributed by atoms with Crippen LogP contribution in [0, 0.1) is 0 Å². The number of aromatic nitrogens is 2. The predicted octanol–water partition coefficient (Wildman–Crippen LogP) is 3.57. The normalized spacial score (nSPS) is 23.5. The molecule has 142 valence electrons. The second-order valence-electron chi connectivity index (χ2n) is 6.86. The molecule has 2 N–H and O–H groups in total.